The Balaban J connectivity index is 1.44. The zero-order valence-electron chi connectivity index (χ0n) is 16.7. The Morgan fingerprint density at radius 1 is 0.969 bits per heavy atom. The lowest BCUT2D eigenvalue weighted by atomic mass is 10.0. The van der Waals surface area contributed by atoms with Crippen LogP contribution in [0.4, 0.5) is 0 Å². The van der Waals surface area contributed by atoms with Gasteiger partial charge in [-0.05, 0) is 97.4 Å². The third-order valence-corrected chi connectivity index (χ3v) is 6.86. The molecular formula is C25H17BrI2N2O2. The highest BCUT2D eigenvalue weighted by Gasteiger charge is 2.10. The van der Waals surface area contributed by atoms with Gasteiger partial charge in [0.1, 0.15) is 12.4 Å². The standard InChI is InChI=1S/C25H17BrI2N2O2/c26-19-10-8-16(9-11-19)15-32-24-22(27)12-17(13-23(24)28)14-29-30-25(31)21-7-3-5-18-4-1-2-6-20(18)21/h1-14H,15H2,(H,30,31)/b29-14+. The van der Waals surface area contributed by atoms with Gasteiger partial charge in [0, 0.05) is 10.0 Å². The molecule has 0 fully saturated rings. The molecule has 160 valence electrons. The van der Waals surface area contributed by atoms with Crippen molar-refractivity contribution in [2.24, 2.45) is 5.10 Å². The van der Waals surface area contributed by atoms with E-state index in [9.17, 15) is 4.79 Å². The molecule has 32 heavy (non-hydrogen) atoms. The number of fused-ring (bicyclic) bond motifs is 1. The molecule has 0 saturated carbocycles. The normalized spacial score (nSPS) is 11.1. The zero-order valence-corrected chi connectivity index (χ0v) is 22.6. The lowest BCUT2D eigenvalue weighted by molar-refractivity contribution is 0.0957. The fourth-order valence-electron chi connectivity index (χ4n) is 3.18. The average Bonchev–Trinajstić information content (AvgIpc) is 2.79. The fraction of sp³-hybridized carbons (Fsp3) is 0.0400. The molecule has 0 aliphatic heterocycles. The Kier molecular flexibility index (Phi) is 7.80. The number of carbonyl (C=O) groups excluding carboxylic acids is 1. The van der Waals surface area contributed by atoms with Gasteiger partial charge in [0.2, 0.25) is 0 Å². The van der Waals surface area contributed by atoms with E-state index < -0.39 is 0 Å². The minimum Gasteiger partial charge on any atom is -0.487 e. The van der Waals surface area contributed by atoms with Crippen LogP contribution in [0.1, 0.15) is 21.5 Å². The predicted molar refractivity (Wildman–Crippen MR) is 149 cm³/mol. The van der Waals surface area contributed by atoms with E-state index in [0.717, 1.165) is 39.3 Å². The van der Waals surface area contributed by atoms with Crippen LogP contribution in [-0.4, -0.2) is 12.1 Å². The Labute approximate surface area is 221 Å². The van der Waals surface area contributed by atoms with Gasteiger partial charge in [0.05, 0.1) is 13.4 Å². The number of nitrogens with zero attached hydrogens (tertiary/aromatic N) is 1. The summed E-state index contributed by atoms with van der Waals surface area (Å²) in [6, 6.07) is 25.5. The van der Waals surface area contributed by atoms with Gasteiger partial charge < -0.3 is 4.74 Å². The van der Waals surface area contributed by atoms with E-state index in [-0.39, 0.29) is 5.91 Å². The Morgan fingerprint density at radius 2 is 1.66 bits per heavy atom. The number of benzene rings is 4. The Bertz CT molecular complexity index is 1280. The minimum absolute atomic E-state index is 0.239. The monoisotopic (exact) mass is 710 g/mol. The molecule has 0 unspecified atom stereocenters. The third-order valence-electron chi connectivity index (χ3n) is 4.73. The maximum Gasteiger partial charge on any atom is 0.271 e. The van der Waals surface area contributed by atoms with Crippen molar-refractivity contribution in [1.29, 1.82) is 0 Å². The van der Waals surface area contributed by atoms with Crippen molar-refractivity contribution in [3.63, 3.8) is 0 Å². The Morgan fingerprint density at radius 3 is 2.41 bits per heavy atom. The maximum absolute atomic E-state index is 12.6. The van der Waals surface area contributed by atoms with E-state index in [1.165, 1.54) is 0 Å². The first kappa shape index (κ1) is 23.2. The van der Waals surface area contributed by atoms with Crippen LogP contribution in [0.3, 0.4) is 0 Å². The van der Waals surface area contributed by atoms with Crippen LogP contribution in [0.15, 0.2) is 88.4 Å². The molecule has 0 heterocycles. The summed E-state index contributed by atoms with van der Waals surface area (Å²) in [5.74, 6) is 0.600. The van der Waals surface area contributed by atoms with Crippen molar-refractivity contribution >= 4 is 84.0 Å². The molecule has 1 amide bonds. The summed E-state index contributed by atoms with van der Waals surface area (Å²) in [4.78, 5) is 12.6. The molecule has 0 radical (unpaired) electrons. The maximum atomic E-state index is 12.6. The van der Waals surface area contributed by atoms with Crippen molar-refractivity contribution in [1.82, 2.24) is 5.43 Å². The van der Waals surface area contributed by atoms with E-state index in [4.69, 9.17) is 4.74 Å². The highest BCUT2D eigenvalue weighted by atomic mass is 127. The highest BCUT2D eigenvalue weighted by Crippen LogP contribution is 2.29. The number of hydrazone groups is 1. The van der Waals surface area contributed by atoms with Gasteiger partial charge in [0.25, 0.3) is 5.91 Å². The number of nitrogens with one attached hydrogen (secondary N) is 1. The molecule has 0 bridgehead atoms. The van der Waals surface area contributed by atoms with Gasteiger partial charge in [-0.1, -0.05) is 64.5 Å². The van der Waals surface area contributed by atoms with Crippen molar-refractivity contribution in [3.8, 4) is 5.75 Å². The van der Waals surface area contributed by atoms with Crippen LogP contribution in [0, 0.1) is 7.14 Å². The smallest absolute Gasteiger partial charge is 0.271 e. The molecule has 4 nitrogen and oxygen atoms in total. The third kappa shape index (κ3) is 5.68. The van der Waals surface area contributed by atoms with Crippen molar-refractivity contribution in [3.05, 3.63) is 107 Å². The number of rotatable bonds is 6. The number of carbonyl (C=O) groups is 1. The average molecular weight is 711 g/mol. The van der Waals surface area contributed by atoms with Gasteiger partial charge in [-0.25, -0.2) is 5.43 Å². The fourth-order valence-corrected chi connectivity index (χ4v) is 5.57. The molecule has 0 saturated heterocycles. The van der Waals surface area contributed by atoms with Crippen LogP contribution in [-0.2, 0) is 6.61 Å². The quantitative estimate of drug-likeness (QED) is 0.131. The van der Waals surface area contributed by atoms with Crippen LogP contribution in [0.5, 0.6) is 5.75 Å². The first-order valence-electron chi connectivity index (χ1n) is 9.69. The number of amides is 1. The lowest BCUT2D eigenvalue weighted by Gasteiger charge is -2.11. The summed E-state index contributed by atoms with van der Waals surface area (Å²) < 4.78 is 9.05. The number of halogens is 3. The van der Waals surface area contributed by atoms with Gasteiger partial charge in [-0.15, -0.1) is 0 Å². The topological polar surface area (TPSA) is 50.7 Å². The molecule has 0 spiro atoms. The Hall–Kier alpha value is -1.98. The second-order valence-corrected chi connectivity index (χ2v) is 10.2. The molecule has 1 N–H and O–H groups in total. The van der Waals surface area contributed by atoms with Crippen LogP contribution < -0.4 is 10.2 Å². The molecule has 4 aromatic carbocycles. The zero-order chi connectivity index (χ0) is 22.5. The summed E-state index contributed by atoms with van der Waals surface area (Å²) in [6.45, 7) is 0.494. The summed E-state index contributed by atoms with van der Waals surface area (Å²) in [5.41, 5.74) is 5.21. The molecule has 0 aromatic heterocycles. The van der Waals surface area contributed by atoms with Crippen LogP contribution in [0.2, 0.25) is 0 Å². The van der Waals surface area contributed by atoms with E-state index in [1.807, 2.05) is 72.8 Å². The molecular weight excluding hydrogens is 694 g/mol. The second kappa shape index (κ2) is 10.8. The summed E-state index contributed by atoms with van der Waals surface area (Å²) in [7, 11) is 0. The molecule has 4 rings (SSSR count). The number of hydrogen-bond donors (Lipinski definition) is 1. The van der Waals surface area contributed by atoms with Crippen LogP contribution >= 0.6 is 61.1 Å². The summed E-state index contributed by atoms with van der Waals surface area (Å²) in [5, 5.41) is 6.08. The number of ether oxygens (including phenoxy) is 1. The van der Waals surface area contributed by atoms with Gasteiger partial charge in [0.15, 0.2) is 0 Å². The first-order chi connectivity index (χ1) is 15.5. The summed E-state index contributed by atoms with van der Waals surface area (Å²) >= 11 is 7.96. The molecule has 4 aromatic rings. The van der Waals surface area contributed by atoms with Gasteiger partial charge >= 0.3 is 0 Å². The SMILES string of the molecule is O=C(N/N=C/c1cc(I)c(OCc2ccc(Br)cc2)c(I)c1)c1cccc2ccccc12. The lowest BCUT2D eigenvalue weighted by Crippen LogP contribution is -2.18. The van der Waals surface area contributed by atoms with E-state index in [2.05, 4.69) is 71.6 Å². The van der Waals surface area contributed by atoms with Crippen molar-refractivity contribution in [2.75, 3.05) is 0 Å². The van der Waals surface area contributed by atoms with E-state index in [1.54, 1.807) is 12.3 Å². The first-order valence-corrected chi connectivity index (χ1v) is 12.6. The van der Waals surface area contributed by atoms with Gasteiger partial charge in [-0.2, -0.15) is 5.10 Å². The number of hydrogen-bond acceptors (Lipinski definition) is 3. The predicted octanol–water partition coefficient (Wildman–Crippen LogP) is 7.15. The van der Waals surface area contributed by atoms with Crippen molar-refractivity contribution in [2.45, 2.75) is 6.61 Å². The second-order valence-electron chi connectivity index (χ2n) is 6.95. The van der Waals surface area contributed by atoms with Gasteiger partial charge in [-0.3, -0.25) is 4.79 Å². The largest absolute Gasteiger partial charge is 0.487 e. The van der Waals surface area contributed by atoms with E-state index >= 15 is 0 Å². The van der Waals surface area contributed by atoms with E-state index in [0.29, 0.717) is 12.2 Å². The van der Waals surface area contributed by atoms with Crippen LogP contribution in [0.25, 0.3) is 10.8 Å². The molecule has 0 aliphatic carbocycles. The minimum atomic E-state index is -0.239. The van der Waals surface area contributed by atoms with Crippen molar-refractivity contribution < 1.29 is 9.53 Å². The summed E-state index contributed by atoms with van der Waals surface area (Å²) in [6.07, 6.45) is 1.64. The highest BCUT2D eigenvalue weighted by molar-refractivity contribution is 14.1. The molecule has 0 aliphatic rings. The molecule has 7 heteroatoms. The molecule has 0 atom stereocenters.